The molecule has 0 unspecified atom stereocenters. The molecule has 0 aromatic heterocycles. The lowest BCUT2D eigenvalue weighted by Crippen LogP contribution is -2.43. The SMILES string of the molecule is N[C@H]1CCCN(c2ccc(C(F)(F)F)cc2NC(=O)c2cc(I)ccc2F)C1. The predicted octanol–water partition coefficient (Wildman–Crippen LogP) is 4.63. The van der Waals surface area contributed by atoms with Gasteiger partial charge in [0, 0.05) is 22.7 Å². The lowest BCUT2D eigenvalue weighted by atomic mass is 10.0. The third-order valence-electron chi connectivity index (χ3n) is 4.54. The van der Waals surface area contributed by atoms with Crippen LogP contribution >= 0.6 is 22.6 Å². The van der Waals surface area contributed by atoms with Crippen molar-refractivity contribution in [3.8, 4) is 0 Å². The number of hydrogen-bond acceptors (Lipinski definition) is 3. The van der Waals surface area contributed by atoms with Crippen LogP contribution in [0.25, 0.3) is 0 Å². The molecule has 1 amide bonds. The van der Waals surface area contributed by atoms with Gasteiger partial charge in [0.15, 0.2) is 0 Å². The Kier molecular flexibility index (Phi) is 6.13. The Morgan fingerprint density at radius 3 is 2.64 bits per heavy atom. The lowest BCUT2D eigenvalue weighted by Gasteiger charge is -2.34. The van der Waals surface area contributed by atoms with E-state index >= 15 is 0 Å². The number of rotatable bonds is 3. The quantitative estimate of drug-likeness (QED) is 0.471. The molecule has 150 valence electrons. The van der Waals surface area contributed by atoms with Crippen molar-refractivity contribution in [1.82, 2.24) is 0 Å². The average molecular weight is 507 g/mol. The fraction of sp³-hybridized carbons (Fsp3) is 0.316. The normalized spacial score (nSPS) is 17.5. The minimum absolute atomic E-state index is 0.0211. The van der Waals surface area contributed by atoms with Gasteiger partial charge in [0.05, 0.1) is 22.5 Å². The van der Waals surface area contributed by atoms with Crippen molar-refractivity contribution in [3.05, 3.63) is 56.9 Å². The van der Waals surface area contributed by atoms with E-state index in [1.807, 2.05) is 27.5 Å². The van der Waals surface area contributed by atoms with E-state index in [9.17, 15) is 22.4 Å². The minimum Gasteiger partial charge on any atom is -0.368 e. The van der Waals surface area contributed by atoms with Gasteiger partial charge in [-0.05, 0) is 71.8 Å². The number of halogens is 5. The monoisotopic (exact) mass is 507 g/mol. The largest absolute Gasteiger partial charge is 0.416 e. The maximum absolute atomic E-state index is 14.0. The zero-order chi connectivity index (χ0) is 20.5. The number of hydrogen-bond donors (Lipinski definition) is 2. The number of carbonyl (C=O) groups is 1. The summed E-state index contributed by atoms with van der Waals surface area (Å²) in [7, 11) is 0. The van der Waals surface area contributed by atoms with Crippen LogP contribution < -0.4 is 16.0 Å². The first kappa shape index (κ1) is 20.8. The highest BCUT2D eigenvalue weighted by molar-refractivity contribution is 14.1. The Morgan fingerprint density at radius 1 is 1.21 bits per heavy atom. The van der Waals surface area contributed by atoms with E-state index in [1.165, 1.54) is 18.2 Å². The minimum atomic E-state index is -4.57. The Balaban J connectivity index is 1.98. The summed E-state index contributed by atoms with van der Waals surface area (Å²) in [4.78, 5) is 14.4. The van der Waals surface area contributed by atoms with Gasteiger partial charge in [-0.2, -0.15) is 13.2 Å². The molecule has 1 fully saturated rings. The van der Waals surface area contributed by atoms with E-state index in [0.717, 1.165) is 31.0 Å². The molecule has 3 rings (SSSR count). The molecule has 4 nitrogen and oxygen atoms in total. The molecule has 1 aliphatic heterocycles. The number of benzene rings is 2. The van der Waals surface area contributed by atoms with Gasteiger partial charge in [-0.15, -0.1) is 0 Å². The average Bonchev–Trinajstić information content (AvgIpc) is 2.63. The second-order valence-electron chi connectivity index (χ2n) is 6.66. The molecule has 1 atom stereocenters. The van der Waals surface area contributed by atoms with Gasteiger partial charge in [-0.3, -0.25) is 4.79 Å². The van der Waals surface area contributed by atoms with Crippen LogP contribution in [0.3, 0.4) is 0 Å². The van der Waals surface area contributed by atoms with E-state index in [1.54, 1.807) is 0 Å². The Morgan fingerprint density at radius 2 is 1.96 bits per heavy atom. The molecule has 0 bridgehead atoms. The van der Waals surface area contributed by atoms with Crippen molar-refractivity contribution >= 4 is 39.9 Å². The number of nitrogens with one attached hydrogen (secondary N) is 1. The molecule has 1 saturated heterocycles. The molecule has 1 heterocycles. The number of piperidine rings is 1. The van der Waals surface area contributed by atoms with Crippen molar-refractivity contribution < 1.29 is 22.4 Å². The van der Waals surface area contributed by atoms with Gasteiger partial charge < -0.3 is 16.0 Å². The number of nitrogens with two attached hydrogens (primary N) is 1. The van der Waals surface area contributed by atoms with Crippen molar-refractivity contribution in [2.45, 2.75) is 25.1 Å². The van der Waals surface area contributed by atoms with Gasteiger partial charge in [-0.1, -0.05) is 0 Å². The van der Waals surface area contributed by atoms with Crippen LogP contribution in [-0.4, -0.2) is 25.0 Å². The highest BCUT2D eigenvalue weighted by Crippen LogP contribution is 2.36. The predicted molar refractivity (Wildman–Crippen MR) is 108 cm³/mol. The number of anilines is 2. The number of alkyl halides is 3. The van der Waals surface area contributed by atoms with Gasteiger partial charge >= 0.3 is 6.18 Å². The third-order valence-corrected chi connectivity index (χ3v) is 5.21. The van der Waals surface area contributed by atoms with Crippen LogP contribution in [0.4, 0.5) is 28.9 Å². The molecule has 3 N–H and O–H groups in total. The summed E-state index contributed by atoms with van der Waals surface area (Å²) >= 11 is 1.93. The maximum atomic E-state index is 14.0. The summed E-state index contributed by atoms with van der Waals surface area (Å²) < 4.78 is 54.2. The maximum Gasteiger partial charge on any atom is 0.416 e. The van der Waals surface area contributed by atoms with Crippen LogP contribution in [-0.2, 0) is 6.18 Å². The summed E-state index contributed by atoms with van der Waals surface area (Å²) in [5.74, 6) is -1.55. The van der Waals surface area contributed by atoms with Crippen LogP contribution in [0.5, 0.6) is 0 Å². The Hall–Kier alpha value is -1.88. The number of nitrogens with zero attached hydrogens (tertiary/aromatic N) is 1. The first-order valence-electron chi connectivity index (χ1n) is 8.63. The van der Waals surface area contributed by atoms with Gasteiger partial charge in [-0.25, -0.2) is 4.39 Å². The molecule has 0 spiro atoms. The highest BCUT2D eigenvalue weighted by atomic mass is 127. The molecule has 0 radical (unpaired) electrons. The zero-order valence-electron chi connectivity index (χ0n) is 14.7. The van der Waals surface area contributed by atoms with Gasteiger partial charge in [0.25, 0.3) is 5.91 Å². The Bertz CT molecular complexity index is 888. The Labute approximate surface area is 173 Å². The number of carbonyl (C=O) groups excluding carboxylic acids is 1. The topological polar surface area (TPSA) is 58.4 Å². The molecular formula is C19H18F4IN3O. The van der Waals surface area contributed by atoms with Crippen molar-refractivity contribution in [1.29, 1.82) is 0 Å². The van der Waals surface area contributed by atoms with E-state index in [0.29, 0.717) is 22.3 Å². The summed E-state index contributed by atoms with van der Waals surface area (Å²) in [6, 6.07) is 7.05. The van der Waals surface area contributed by atoms with Crippen LogP contribution in [0.2, 0.25) is 0 Å². The number of amides is 1. The molecular weight excluding hydrogens is 489 g/mol. The fourth-order valence-corrected chi connectivity index (χ4v) is 3.67. The van der Waals surface area contributed by atoms with Gasteiger partial charge in [0.2, 0.25) is 0 Å². The van der Waals surface area contributed by atoms with Gasteiger partial charge in [0.1, 0.15) is 5.82 Å². The summed E-state index contributed by atoms with van der Waals surface area (Å²) in [5.41, 5.74) is 5.27. The standard InChI is InChI=1S/C19H18F4IN3O/c20-15-5-4-12(24)9-14(15)18(28)26-16-8-11(19(21,22)23)3-6-17(16)27-7-1-2-13(25)10-27/h3-6,8-9,13H,1-2,7,10,25H2,(H,26,28)/t13-/m0/s1. The third kappa shape index (κ3) is 4.75. The molecule has 1 aliphatic rings. The van der Waals surface area contributed by atoms with Crippen LogP contribution in [0.1, 0.15) is 28.8 Å². The molecule has 2 aromatic rings. The van der Waals surface area contributed by atoms with Crippen molar-refractivity contribution in [2.75, 3.05) is 23.3 Å². The lowest BCUT2D eigenvalue weighted by molar-refractivity contribution is -0.137. The van der Waals surface area contributed by atoms with E-state index in [2.05, 4.69) is 5.32 Å². The summed E-state index contributed by atoms with van der Waals surface area (Å²) in [6.07, 6.45) is -2.95. The zero-order valence-corrected chi connectivity index (χ0v) is 16.9. The van der Waals surface area contributed by atoms with Crippen molar-refractivity contribution in [3.63, 3.8) is 0 Å². The summed E-state index contributed by atoms with van der Waals surface area (Å²) in [6.45, 7) is 1.07. The molecule has 0 saturated carbocycles. The summed E-state index contributed by atoms with van der Waals surface area (Å²) in [5, 5.41) is 2.45. The fourth-order valence-electron chi connectivity index (χ4n) is 3.18. The van der Waals surface area contributed by atoms with Crippen LogP contribution in [0, 0.1) is 9.39 Å². The molecule has 28 heavy (non-hydrogen) atoms. The smallest absolute Gasteiger partial charge is 0.368 e. The second kappa shape index (κ2) is 8.24. The van der Waals surface area contributed by atoms with E-state index < -0.39 is 23.5 Å². The van der Waals surface area contributed by atoms with E-state index in [-0.39, 0.29) is 17.3 Å². The molecule has 0 aliphatic carbocycles. The van der Waals surface area contributed by atoms with Crippen LogP contribution in [0.15, 0.2) is 36.4 Å². The molecule has 2 aromatic carbocycles. The molecule has 9 heteroatoms. The highest BCUT2D eigenvalue weighted by Gasteiger charge is 2.32. The van der Waals surface area contributed by atoms with Crippen molar-refractivity contribution in [2.24, 2.45) is 5.73 Å². The first-order valence-corrected chi connectivity index (χ1v) is 9.71. The van der Waals surface area contributed by atoms with E-state index in [4.69, 9.17) is 5.73 Å². The first-order chi connectivity index (χ1) is 13.1. The second-order valence-corrected chi connectivity index (χ2v) is 7.90.